The first kappa shape index (κ1) is 14.4. The van der Waals surface area contributed by atoms with Crippen LogP contribution in [0.15, 0.2) is 70.2 Å². The van der Waals surface area contributed by atoms with Crippen LogP contribution in [-0.4, -0.2) is 22.5 Å². The van der Waals surface area contributed by atoms with Gasteiger partial charge in [0, 0.05) is 29.6 Å². The predicted octanol–water partition coefficient (Wildman–Crippen LogP) is 3.39. The molecule has 1 heterocycles. The number of hydrogen-bond acceptors (Lipinski definition) is 3. The molecule has 0 saturated heterocycles. The summed E-state index contributed by atoms with van der Waals surface area (Å²) >= 11 is 0. The van der Waals surface area contributed by atoms with Crippen LogP contribution < -0.4 is 4.74 Å². The van der Waals surface area contributed by atoms with Crippen LogP contribution in [0.5, 0.6) is 5.75 Å². The molecule has 4 nitrogen and oxygen atoms in total. The average Bonchev–Trinajstić information content (AvgIpc) is 2.59. The lowest BCUT2D eigenvalue weighted by molar-refractivity contribution is 0.405. The van der Waals surface area contributed by atoms with Crippen molar-refractivity contribution in [2.24, 2.45) is 4.40 Å². The van der Waals surface area contributed by atoms with Crippen LogP contribution in [0.4, 0.5) is 0 Å². The van der Waals surface area contributed by atoms with E-state index in [4.69, 9.17) is 4.74 Å². The minimum absolute atomic E-state index is 0.570. The molecule has 0 saturated carbocycles. The van der Waals surface area contributed by atoms with Gasteiger partial charge in [0.25, 0.3) is 0 Å². The maximum Gasteiger partial charge on any atom is 0.176 e. The molecule has 22 heavy (non-hydrogen) atoms. The van der Waals surface area contributed by atoms with Crippen LogP contribution in [0, 0.1) is 0 Å². The van der Waals surface area contributed by atoms with Crippen molar-refractivity contribution in [3.05, 3.63) is 66.5 Å². The van der Waals surface area contributed by atoms with Crippen LogP contribution in [0.3, 0.4) is 0 Å². The number of fused-ring (bicyclic) bond motifs is 1. The molecule has 2 aromatic carbocycles. The summed E-state index contributed by atoms with van der Waals surface area (Å²) in [6.45, 7) is 0. The Morgan fingerprint density at radius 3 is 2.77 bits per heavy atom. The first-order valence-corrected chi connectivity index (χ1v) is 7.82. The van der Waals surface area contributed by atoms with Gasteiger partial charge in [-0.3, -0.25) is 4.98 Å². The number of ether oxygens (including phenoxy) is 1. The van der Waals surface area contributed by atoms with E-state index < -0.39 is 11.0 Å². The average molecular weight is 310 g/mol. The zero-order valence-corrected chi connectivity index (χ0v) is 12.8. The van der Waals surface area contributed by atoms with Crippen molar-refractivity contribution in [3.63, 3.8) is 0 Å². The van der Waals surface area contributed by atoms with Crippen LogP contribution in [-0.2, 0) is 11.0 Å². The fourth-order valence-electron chi connectivity index (χ4n) is 2.18. The van der Waals surface area contributed by atoms with E-state index in [1.807, 2.05) is 48.5 Å². The normalized spacial score (nSPS) is 12.6. The van der Waals surface area contributed by atoms with Gasteiger partial charge in [-0.05, 0) is 17.5 Å². The van der Waals surface area contributed by atoms with Crippen molar-refractivity contribution < 1.29 is 8.95 Å². The van der Waals surface area contributed by atoms with Gasteiger partial charge in [-0.2, -0.15) is 4.40 Å². The summed E-state index contributed by atoms with van der Waals surface area (Å²) in [5, 5.41) is 1.88. The van der Waals surface area contributed by atoms with E-state index in [1.54, 1.807) is 25.7 Å². The van der Waals surface area contributed by atoms with Crippen LogP contribution in [0.2, 0.25) is 0 Å². The second-order valence-electron chi connectivity index (χ2n) is 4.59. The minimum Gasteiger partial charge on any atom is -0.495 e. The maximum absolute atomic E-state index is 12.6. The Balaban J connectivity index is 2.05. The van der Waals surface area contributed by atoms with Gasteiger partial charge < -0.3 is 4.74 Å². The lowest BCUT2D eigenvalue weighted by Crippen LogP contribution is -1.96. The summed E-state index contributed by atoms with van der Waals surface area (Å²) in [4.78, 5) is 4.59. The molecule has 0 radical (unpaired) electrons. The summed E-state index contributed by atoms with van der Waals surface area (Å²) in [6.07, 6.45) is 4.91. The Labute approximate surface area is 131 Å². The molecule has 0 aliphatic heterocycles. The van der Waals surface area contributed by atoms with E-state index in [2.05, 4.69) is 9.38 Å². The molecule has 1 aromatic heterocycles. The Bertz CT molecular complexity index is 848. The Morgan fingerprint density at radius 1 is 1.14 bits per heavy atom. The third-order valence-electron chi connectivity index (χ3n) is 3.22. The van der Waals surface area contributed by atoms with E-state index in [0.717, 1.165) is 16.3 Å². The quantitative estimate of drug-likeness (QED) is 0.694. The first-order valence-electron chi connectivity index (χ1n) is 6.71. The standard InChI is InChI=1S/C17H14N2O2S/c1-21-16-9-8-14-6-2-3-7-15(14)17(16)22(20)19-12-13-5-4-10-18-11-13/h2-12H,1H3/b19-12+. The van der Waals surface area contributed by atoms with Crippen molar-refractivity contribution in [2.75, 3.05) is 7.11 Å². The second-order valence-corrected chi connectivity index (χ2v) is 5.71. The van der Waals surface area contributed by atoms with E-state index in [9.17, 15) is 4.21 Å². The third-order valence-corrected chi connectivity index (χ3v) is 4.29. The van der Waals surface area contributed by atoms with E-state index in [-0.39, 0.29) is 0 Å². The summed E-state index contributed by atoms with van der Waals surface area (Å²) in [7, 11) is 0.0119. The monoisotopic (exact) mass is 310 g/mol. The summed E-state index contributed by atoms with van der Waals surface area (Å²) < 4.78 is 22.1. The Hall–Kier alpha value is -2.53. The number of aromatic nitrogens is 1. The van der Waals surface area contributed by atoms with Gasteiger partial charge in [0.2, 0.25) is 0 Å². The van der Waals surface area contributed by atoms with Crippen molar-refractivity contribution in [3.8, 4) is 5.75 Å². The number of rotatable bonds is 4. The molecule has 110 valence electrons. The van der Waals surface area contributed by atoms with Gasteiger partial charge in [0.1, 0.15) is 10.6 Å². The number of methoxy groups -OCH3 is 1. The first-order chi connectivity index (χ1) is 10.8. The highest BCUT2D eigenvalue weighted by Crippen LogP contribution is 2.31. The summed E-state index contributed by atoms with van der Waals surface area (Å²) in [6, 6.07) is 15.2. The molecular weight excluding hydrogens is 296 g/mol. The SMILES string of the molecule is COc1ccc2ccccc2c1S(=O)/N=C/c1cccnc1. The van der Waals surface area contributed by atoms with Crippen LogP contribution in [0.1, 0.15) is 5.56 Å². The molecule has 0 fully saturated rings. The summed E-state index contributed by atoms with van der Waals surface area (Å²) in [5.74, 6) is 0.570. The predicted molar refractivity (Wildman–Crippen MR) is 88.7 cm³/mol. The van der Waals surface area contributed by atoms with E-state index >= 15 is 0 Å². The number of hydrogen-bond donors (Lipinski definition) is 0. The van der Waals surface area contributed by atoms with Crippen molar-refractivity contribution in [1.29, 1.82) is 0 Å². The highest BCUT2D eigenvalue weighted by Gasteiger charge is 2.14. The molecule has 0 bridgehead atoms. The zero-order valence-electron chi connectivity index (χ0n) is 12.0. The van der Waals surface area contributed by atoms with Crippen molar-refractivity contribution in [1.82, 2.24) is 4.98 Å². The molecule has 3 aromatic rings. The lowest BCUT2D eigenvalue weighted by Gasteiger charge is -2.09. The molecule has 0 aliphatic carbocycles. The van der Waals surface area contributed by atoms with Crippen molar-refractivity contribution >= 4 is 28.0 Å². The van der Waals surface area contributed by atoms with E-state index in [0.29, 0.717) is 10.6 Å². The molecular formula is C17H14N2O2S. The van der Waals surface area contributed by atoms with Gasteiger partial charge in [-0.15, -0.1) is 0 Å². The molecule has 5 heteroatoms. The zero-order chi connectivity index (χ0) is 15.4. The van der Waals surface area contributed by atoms with Crippen LogP contribution in [0.25, 0.3) is 10.8 Å². The molecule has 0 spiro atoms. The lowest BCUT2D eigenvalue weighted by atomic mass is 10.1. The molecule has 0 N–H and O–H groups in total. The highest BCUT2D eigenvalue weighted by atomic mass is 32.2. The third kappa shape index (κ3) is 2.89. The topological polar surface area (TPSA) is 51.5 Å². The van der Waals surface area contributed by atoms with Gasteiger partial charge in [0.15, 0.2) is 11.0 Å². The van der Waals surface area contributed by atoms with Crippen LogP contribution >= 0.6 is 0 Å². The number of benzene rings is 2. The Kier molecular flexibility index (Phi) is 4.25. The number of pyridine rings is 1. The molecule has 3 rings (SSSR count). The van der Waals surface area contributed by atoms with Gasteiger partial charge in [0.05, 0.1) is 7.11 Å². The van der Waals surface area contributed by atoms with Crippen molar-refractivity contribution in [2.45, 2.75) is 4.90 Å². The molecule has 1 atom stereocenters. The van der Waals surface area contributed by atoms with E-state index in [1.165, 1.54) is 0 Å². The van der Waals surface area contributed by atoms with Gasteiger partial charge in [-0.25, -0.2) is 4.21 Å². The maximum atomic E-state index is 12.6. The smallest absolute Gasteiger partial charge is 0.176 e. The molecule has 0 amide bonds. The second kappa shape index (κ2) is 6.49. The Morgan fingerprint density at radius 2 is 2.00 bits per heavy atom. The highest BCUT2D eigenvalue weighted by molar-refractivity contribution is 7.84. The fraction of sp³-hybridized carbons (Fsp3) is 0.0588. The minimum atomic E-state index is -1.55. The summed E-state index contributed by atoms with van der Waals surface area (Å²) in [5.41, 5.74) is 0.801. The molecule has 0 aliphatic rings. The fourth-order valence-corrected chi connectivity index (χ4v) is 3.20. The largest absolute Gasteiger partial charge is 0.495 e. The molecule has 1 unspecified atom stereocenters. The van der Waals surface area contributed by atoms with Gasteiger partial charge in [-0.1, -0.05) is 36.4 Å². The van der Waals surface area contributed by atoms with Gasteiger partial charge >= 0.3 is 0 Å². The number of nitrogens with zero attached hydrogens (tertiary/aromatic N) is 2.